The Kier molecular flexibility index (Phi) is 4.70. The Bertz CT molecular complexity index is 534. The van der Waals surface area contributed by atoms with Gasteiger partial charge in [-0.25, -0.2) is 8.42 Å². The maximum Gasteiger partial charge on any atom is 0.169 e. The lowest BCUT2D eigenvalue weighted by molar-refractivity contribution is 0.584. The van der Waals surface area contributed by atoms with Crippen molar-refractivity contribution in [2.75, 3.05) is 36.3 Å². The van der Waals surface area contributed by atoms with E-state index in [1.807, 2.05) is 18.0 Å². The molecule has 0 radical (unpaired) electrons. The van der Waals surface area contributed by atoms with Crippen molar-refractivity contribution in [3.8, 4) is 0 Å². The third-order valence-corrected chi connectivity index (χ3v) is 5.79. The Morgan fingerprint density at radius 2 is 2.37 bits per heavy atom. The van der Waals surface area contributed by atoms with Crippen molar-refractivity contribution in [3.63, 3.8) is 0 Å². The van der Waals surface area contributed by atoms with Gasteiger partial charge in [0.05, 0.1) is 11.9 Å². The highest BCUT2D eigenvalue weighted by molar-refractivity contribution is 8.01. The molecule has 1 aromatic heterocycles. The summed E-state index contributed by atoms with van der Waals surface area (Å²) in [5, 5.41) is 2.66. The Labute approximate surface area is 118 Å². The number of rotatable bonds is 4. The monoisotopic (exact) mass is 301 g/mol. The Morgan fingerprint density at radius 3 is 3.05 bits per heavy atom. The van der Waals surface area contributed by atoms with Crippen LogP contribution < -0.4 is 10.2 Å². The summed E-state index contributed by atoms with van der Waals surface area (Å²) in [5.74, 6) is 1.56. The minimum absolute atomic E-state index is 0.453. The van der Waals surface area contributed by atoms with E-state index in [4.69, 9.17) is 0 Å². The quantitative estimate of drug-likeness (QED) is 0.884. The molecule has 0 spiro atoms. The van der Waals surface area contributed by atoms with Crippen LogP contribution in [0.5, 0.6) is 0 Å². The zero-order chi connectivity index (χ0) is 13.9. The van der Waals surface area contributed by atoms with Crippen molar-refractivity contribution in [1.29, 1.82) is 0 Å². The van der Waals surface area contributed by atoms with Gasteiger partial charge in [-0.1, -0.05) is 0 Å². The summed E-state index contributed by atoms with van der Waals surface area (Å²) >= 11 is 1.69. The Hall–Kier alpha value is -0.790. The van der Waals surface area contributed by atoms with E-state index in [-0.39, 0.29) is 0 Å². The normalized spacial score (nSPS) is 20.5. The number of anilines is 1. The number of nitrogens with zero attached hydrogens (tertiary/aromatic N) is 2. The number of sulfone groups is 1. The van der Waals surface area contributed by atoms with Crippen LogP contribution >= 0.6 is 11.8 Å². The molecule has 5 nitrogen and oxygen atoms in total. The van der Waals surface area contributed by atoms with E-state index in [2.05, 4.69) is 10.3 Å². The van der Waals surface area contributed by atoms with E-state index < -0.39 is 15.2 Å². The van der Waals surface area contributed by atoms with E-state index in [1.165, 1.54) is 6.26 Å². The second-order valence-corrected chi connectivity index (χ2v) is 7.94. The molecular weight excluding hydrogens is 282 g/mol. The van der Waals surface area contributed by atoms with Gasteiger partial charge < -0.3 is 10.2 Å². The highest BCUT2D eigenvalue weighted by atomic mass is 32.2. The van der Waals surface area contributed by atoms with Gasteiger partial charge in [-0.3, -0.25) is 4.98 Å². The van der Waals surface area contributed by atoms with E-state index in [1.54, 1.807) is 24.2 Å². The molecule has 0 aliphatic carbocycles. The van der Waals surface area contributed by atoms with Crippen molar-refractivity contribution in [1.82, 2.24) is 10.3 Å². The van der Waals surface area contributed by atoms with Crippen molar-refractivity contribution >= 4 is 27.3 Å². The zero-order valence-electron chi connectivity index (χ0n) is 11.2. The number of aromatic nitrogens is 1. The van der Waals surface area contributed by atoms with Gasteiger partial charge >= 0.3 is 0 Å². The predicted octanol–water partition coefficient (Wildman–Crippen LogP) is 0.725. The molecule has 2 heterocycles. The van der Waals surface area contributed by atoms with Crippen LogP contribution in [0.3, 0.4) is 0 Å². The summed E-state index contributed by atoms with van der Waals surface area (Å²) in [6.07, 6.45) is 4.82. The first-order chi connectivity index (χ1) is 9.04. The Balaban J connectivity index is 2.37. The molecule has 0 amide bonds. The van der Waals surface area contributed by atoms with Crippen LogP contribution in [0.4, 0.5) is 5.69 Å². The minimum atomic E-state index is -3.10. The van der Waals surface area contributed by atoms with Crippen molar-refractivity contribution in [2.45, 2.75) is 11.9 Å². The molecule has 1 saturated heterocycles. The van der Waals surface area contributed by atoms with Crippen molar-refractivity contribution in [2.24, 2.45) is 0 Å². The minimum Gasteiger partial charge on any atom is -0.352 e. The number of hydrogen-bond acceptors (Lipinski definition) is 6. The van der Waals surface area contributed by atoms with Gasteiger partial charge in [0.25, 0.3) is 0 Å². The molecule has 2 rings (SSSR count). The molecule has 1 N–H and O–H groups in total. The summed E-state index contributed by atoms with van der Waals surface area (Å²) in [4.78, 5) is 6.13. The standard InChI is InChI=1S/C12H19N3O2S2/c1-13-7-10-3-4-14-8-11(10)15-5-6-18-9-12(15)19(2,16)17/h3-4,8,12-13H,5-7,9H2,1-2H3. The van der Waals surface area contributed by atoms with E-state index in [0.717, 1.165) is 23.5 Å². The van der Waals surface area contributed by atoms with Gasteiger partial charge in [0.15, 0.2) is 9.84 Å². The second kappa shape index (κ2) is 6.11. The third kappa shape index (κ3) is 3.40. The maximum absolute atomic E-state index is 11.9. The average Bonchev–Trinajstić information content (AvgIpc) is 2.39. The summed E-state index contributed by atoms with van der Waals surface area (Å²) in [7, 11) is -1.22. The predicted molar refractivity (Wildman–Crippen MR) is 80.3 cm³/mol. The molecule has 19 heavy (non-hydrogen) atoms. The molecule has 1 aromatic rings. The largest absolute Gasteiger partial charge is 0.352 e. The van der Waals surface area contributed by atoms with E-state index >= 15 is 0 Å². The van der Waals surface area contributed by atoms with Gasteiger partial charge in [0, 0.05) is 37.0 Å². The molecule has 0 bridgehead atoms. The topological polar surface area (TPSA) is 62.3 Å². The summed E-state index contributed by atoms with van der Waals surface area (Å²) < 4.78 is 23.9. The molecule has 0 aromatic carbocycles. The summed E-state index contributed by atoms with van der Waals surface area (Å²) in [6, 6.07) is 1.94. The first-order valence-electron chi connectivity index (χ1n) is 6.15. The highest BCUT2D eigenvalue weighted by Crippen LogP contribution is 2.28. The van der Waals surface area contributed by atoms with Crippen LogP contribution in [-0.4, -0.2) is 50.1 Å². The lowest BCUT2D eigenvalue weighted by atomic mass is 10.2. The fourth-order valence-corrected chi connectivity index (χ4v) is 5.06. The number of hydrogen-bond donors (Lipinski definition) is 1. The van der Waals surface area contributed by atoms with Gasteiger partial charge in [0.1, 0.15) is 5.37 Å². The molecule has 0 saturated carbocycles. The fraction of sp³-hybridized carbons (Fsp3) is 0.583. The van der Waals surface area contributed by atoms with E-state index in [9.17, 15) is 8.42 Å². The van der Waals surface area contributed by atoms with Crippen molar-refractivity contribution < 1.29 is 8.42 Å². The molecule has 106 valence electrons. The molecule has 1 fully saturated rings. The smallest absolute Gasteiger partial charge is 0.169 e. The fourth-order valence-electron chi connectivity index (χ4n) is 2.22. The molecule has 7 heteroatoms. The first-order valence-corrected chi connectivity index (χ1v) is 9.25. The highest BCUT2D eigenvalue weighted by Gasteiger charge is 2.32. The first kappa shape index (κ1) is 14.6. The Morgan fingerprint density at radius 1 is 1.58 bits per heavy atom. The van der Waals surface area contributed by atoms with E-state index in [0.29, 0.717) is 12.3 Å². The number of pyridine rings is 1. The van der Waals surface area contributed by atoms with Crippen LogP contribution in [0.25, 0.3) is 0 Å². The molecular formula is C12H19N3O2S2. The molecule has 1 atom stereocenters. The van der Waals surface area contributed by atoms with Crippen LogP contribution in [0, 0.1) is 0 Å². The number of thioether (sulfide) groups is 1. The summed E-state index contributed by atoms with van der Waals surface area (Å²) in [6.45, 7) is 1.45. The van der Waals surface area contributed by atoms with Gasteiger partial charge in [-0.15, -0.1) is 0 Å². The van der Waals surface area contributed by atoms with Crippen LogP contribution in [0.1, 0.15) is 5.56 Å². The molecule has 1 aliphatic heterocycles. The lowest BCUT2D eigenvalue weighted by Gasteiger charge is -2.36. The molecule has 1 unspecified atom stereocenters. The van der Waals surface area contributed by atoms with Gasteiger partial charge in [-0.2, -0.15) is 11.8 Å². The maximum atomic E-state index is 11.9. The number of nitrogens with one attached hydrogen (secondary N) is 1. The van der Waals surface area contributed by atoms with Gasteiger partial charge in [-0.05, 0) is 18.7 Å². The average molecular weight is 301 g/mol. The van der Waals surface area contributed by atoms with Crippen LogP contribution in [0.2, 0.25) is 0 Å². The lowest BCUT2D eigenvalue weighted by Crippen LogP contribution is -2.47. The summed E-state index contributed by atoms with van der Waals surface area (Å²) in [5.41, 5.74) is 2.01. The SMILES string of the molecule is CNCc1ccncc1N1CCSCC1S(C)(=O)=O. The van der Waals surface area contributed by atoms with Crippen LogP contribution in [-0.2, 0) is 16.4 Å². The third-order valence-electron chi connectivity index (χ3n) is 3.14. The second-order valence-electron chi connectivity index (χ2n) is 4.59. The van der Waals surface area contributed by atoms with Crippen molar-refractivity contribution in [3.05, 3.63) is 24.0 Å². The van der Waals surface area contributed by atoms with Gasteiger partial charge in [0.2, 0.25) is 0 Å². The zero-order valence-corrected chi connectivity index (χ0v) is 12.8. The molecule has 1 aliphatic rings. The van der Waals surface area contributed by atoms with Crippen LogP contribution in [0.15, 0.2) is 18.5 Å².